The molecule has 2 N–H and O–H groups in total. The zero-order valence-corrected chi connectivity index (χ0v) is 14.6. The van der Waals surface area contributed by atoms with Crippen molar-refractivity contribution in [3.05, 3.63) is 70.3 Å². The number of halogens is 1. The predicted octanol–water partition coefficient (Wildman–Crippen LogP) is 5.02. The van der Waals surface area contributed by atoms with Gasteiger partial charge >= 0.3 is 0 Å². The lowest BCUT2D eigenvalue weighted by Crippen LogP contribution is -2.24. The van der Waals surface area contributed by atoms with Crippen LogP contribution in [0.1, 0.15) is 18.1 Å². The van der Waals surface area contributed by atoms with Crippen molar-refractivity contribution in [3.8, 4) is 0 Å². The van der Waals surface area contributed by atoms with Gasteiger partial charge in [0.05, 0.1) is 6.21 Å². The lowest BCUT2D eigenvalue weighted by Gasteiger charge is -2.10. The van der Waals surface area contributed by atoms with Crippen LogP contribution in [0.25, 0.3) is 6.08 Å². The predicted molar refractivity (Wildman–Crippen MR) is 104 cm³/mol. The molecule has 0 bridgehead atoms. The maximum atomic E-state index is 6.08. The number of thiocarbonyl (C=S) groups is 1. The van der Waals surface area contributed by atoms with Gasteiger partial charge in [0.2, 0.25) is 0 Å². The Kier molecular flexibility index (Phi) is 6.32. The van der Waals surface area contributed by atoms with Crippen molar-refractivity contribution in [2.24, 2.45) is 5.10 Å². The summed E-state index contributed by atoms with van der Waals surface area (Å²) in [6, 6.07) is 15.7. The summed E-state index contributed by atoms with van der Waals surface area (Å²) < 4.78 is 0. The fourth-order valence-corrected chi connectivity index (χ4v) is 2.27. The molecule has 0 amide bonds. The molecule has 2 rings (SSSR count). The van der Waals surface area contributed by atoms with Crippen molar-refractivity contribution in [1.82, 2.24) is 5.43 Å². The highest BCUT2D eigenvalue weighted by molar-refractivity contribution is 7.80. The Morgan fingerprint density at radius 1 is 1.13 bits per heavy atom. The number of nitrogens with zero attached hydrogens (tertiary/aromatic N) is 1. The van der Waals surface area contributed by atoms with E-state index in [2.05, 4.69) is 15.8 Å². The molecule has 5 heteroatoms. The van der Waals surface area contributed by atoms with Crippen LogP contribution in [0, 0.1) is 6.92 Å². The standard InChI is InChI=1S/C18H18ClN3S/c1-13(11-15-7-4-3-5-8-15)12-20-22-18(23)21-17-10-6-9-16(19)14(17)2/h3-12H,1-2H3,(H2,21,22,23)/b13-11+,20-12-. The summed E-state index contributed by atoms with van der Waals surface area (Å²) in [5, 5.41) is 8.33. The van der Waals surface area contributed by atoms with Crippen LogP contribution in [0.3, 0.4) is 0 Å². The molecular formula is C18H18ClN3S. The normalized spacial score (nSPS) is 11.5. The molecule has 2 aromatic carbocycles. The minimum Gasteiger partial charge on any atom is -0.331 e. The highest BCUT2D eigenvalue weighted by Crippen LogP contribution is 2.22. The molecule has 0 spiro atoms. The first-order valence-corrected chi connectivity index (χ1v) is 7.93. The van der Waals surface area contributed by atoms with E-state index >= 15 is 0 Å². The largest absolute Gasteiger partial charge is 0.331 e. The molecule has 0 radical (unpaired) electrons. The number of anilines is 1. The molecule has 0 atom stereocenters. The molecule has 0 aliphatic rings. The second-order valence-corrected chi connectivity index (χ2v) is 5.85. The third-order valence-electron chi connectivity index (χ3n) is 3.14. The molecule has 2 aromatic rings. The molecule has 0 unspecified atom stereocenters. The van der Waals surface area contributed by atoms with E-state index in [0.29, 0.717) is 10.1 Å². The number of nitrogens with one attached hydrogen (secondary N) is 2. The van der Waals surface area contributed by atoms with Crippen molar-refractivity contribution in [2.75, 3.05) is 5.32 Å². The van der Waals surface area contributed by atoms with Gasteiger partial charge in [0, 0.05) is 10.7 Å². The monoisotopic (exact) mass is 343 g/mol. The number of allylic oxidation sites excluding steroid dienone is 1. The number of benzene rings is 2. The molecule has 0 aliphatic heterocycles. The minimum absolute atomic E-state index is 0.416. The quantitative estimate of drug-likeness (QED) is 0.464. The summed E-state index contributed by atoms with van der Waals surface area (Å²) in [4.78, 5) is 0. The van der Waals surface area contributed by atoms with Gasteiger partial charge in [0.1, 0.15) is 0 Å². The molecular weight excluding hydrogens is 326 g/mol. The Labute approximate surface area is 147 Å². The van der Waals surface area contributed by atoms with E-state index in [4.69, 9.17) is 23.8 Å². The van der Waals surface area contributed by atoms with Crippen LogP contribution in [0.2, 0.25) is 5.02 Å². The van der Waals surface area contributed by atoms with Crippen LogP contribution in [-0.2, 0) is 0 Å². The topological polar surface area (TPSA) is 36.4 Å². The van der Waals surface area contributed by atoms with E-state index in [1.807, 2.05) is 68.5 Å². The zero-order valence-electron chi connectivity index (χ0n) is 13.0. The Hall–Kier alpha value is -2.17. The van der Waals surface area contributed by atoms with Gasteiger partial charge in [-0.05, 0) is 54.9 Å². The van der Waals surface area contributed by atoms with Crippen LogP contribution < -0.4 is 10.7 Å². The van der Waals surface area contributed by atoms with E-state index in [-0.39, 0.29) is 0 Å². The first-order chi connectivity index (χ1) is 11.1. The van der Waals surface area contributed by atoms with Crippen molar-refractivity contribution in [3.63, 3.8) is 0 Å². The first-order valence-electron chi connectivity index (χ1n) is 7.15. The Morgan fingerprint density at radius 3 is 2.61 bits per heavy atom. The van der Waals surface area contributed by atoms with E-state index in [1.165, 1.54) is 0 Å². The van der Waals surface area contributed by atoms with Gasteiger partial charge in [0.25, 0.3) is 0 Å². The SMILES string of the molecule is CC(/C=N\NC(=S)Nc1cccc(Cl)c1C)=C\c1ccccc1. The van der Waals surface area contributed by atoms with Crippen LogP contribution in [0.5, 0.6) is 0 Å². The van der Waals surface area contributed by atoms with Gasteiger partial charge in [-0.3, -0.25) is 5.43 Å². The van der Waals surface area contributed by atoms with Gasteiger partial charge < -0.3 is 5.32 Å². The average molecular weight is 344 g/mol. The van der Waals surface area contributed by atoms with Gasteiger partial charge in [-0.2, -0.15) is 5.10 Å². The third kappa shape index (κ3) is 5.51. The van der Waals surface area contributed by atoms with Gasteiger partial charge in [-0.1, -0.05) is 54.1 Å². The average Bonchev–Trinajstić information content (AvgIpc) is 2.53. The van der Waals surface area contributed by atoms with Crippen molar-refractivity contribution >= 4 is 46.9 Å². The third-order valence-corrected chi connectivity index (χ3v) is 3.75. The van der Waals surface area contributed by atoms with Crippen molar-refractivity contribution < 1.29 is 0 Å². The van der Waals surface area contributed by atoms with E-state index in [9.17, 15) is 0 Å². The van der Waals surface area contributed by atoms with Gasteiger partial charge in [-0.25, -0.2) is 0 Å². The summed E-state index contributed by atoms with van der Waals surface area (Å²) in [6.45, 7) is 3.92. The summed E-state index contributed by atoms with van der Waals surface area (Å²) in [5.74, 6) is 0. The molecule has 118 valence electrons. The van der Waals surface area contributed by atoms with Gasteiger partial charge in [0.15, 0.2) is 5.11 Å². The highest BCUT2D eigenvalue weighted by Gasteiger charge is 2.03. The number of hydrazone groups is 1. The summed E-state index contributed by atoms with van der Waals surface area (Å²) >= 11 is 11.3. The maximum absolute atomic E-state index is 6.08. The van der Waals surface area contributed by atoms with Crippen molar-refractivity contribution in [2.45, 2.75) is 13.8 Å². The molecule has 3 nitrogen and oxygen atoms in total. The highest BCUT2D eigenvalue weighted by atomic mass is 35.5. The smallest absolute Gasteiger partial charge is 0.191 e. The molecule has 0 aliphatic carbocycles. The summed E-state index contributed by atoms with van der Waals surface area (Å²) in [7, 11) is 0. The fourth-order valence-electron chi connectivity index (χ4n) is 1.94. The molecule has 0 saturated carbocycles. The lowest BCUT2D eigenvalue weighted by molar-refractivity contribution is 1.05. The van der Waals surface area contributed by atoms with Gasteiger partial charge in [-0.15, -0.1) is 0 Å². The van der Waals surface area contributed by atoms with E-state index < -0.39 is 0 Å². The second kappa shape index (κ2) is 8.46. The molecule has 0 fully saturated rings. The Morgan fingerprint density at radius 2 is 1.87 bits per heavy atom. The van der Waals surface area contributed by atoms with E-state index in [0.717, 1.165) is 22.4 Å². The first kappa shape index (κ1) is 17.2. The zero-order chi connectivity index (χ0) is 16.7. The van der Waals surface area contributed by atoms with Crippen LogP contribution in [0.15, 0.2) is 59.2 Å². The number of hydrogen-bond donors (Lipinski definition) is 2. The molecule has 23 heavy (non-hydrogen) atoms. The summed E-state index contributed by atoms with van der Waals surface area (Å²) in [6.07, 6.45) is 3.77. The van der Waals surface area contributed by atoms with Crippen LogP contribution in [-0.4, -0.2) is 11.3 Å². The molecule has 0 saturated heterocycles. The van der Waals surface area contributed by atoms with Crippen molar-refractivity contribution in [1.29, 1.82) is 0 Å². The number of hydrogen-bond acceptors (Lipinski definition) is 2. The Balaban J connectivity index is 1.91. The summed E-state index contributed by atoms with van der Waals surface area (Å²) in [5.41, 5.74) is 6.76. The van der Waals surface area contributed by atoms with E-state index in [1.54, 1.807) is 6.21 Å². The fraction of sp³-hybridized carbons (Fsp3) is 0.111. The number of rotatable bonds is 4. The second-order valence-electron chi connectivity index (χ2n) is 5.04. The van der Waals surface area contributed by atoms with Crippen LogP contribution in [0.4, 0.5) is 5.69 Å². The Bertz CT molecular complexity index is 739. The maximum Gasteiger partial charge on any atom is 0.191 e. The minimum atomic E-state index is 0.416. The lowest BCUT2D eigenvalue weighted by atomic mass is 10.1. The molecule has 0 heterocycles. The molecule has 0 aromatic heterocycles. The van der Waals surface area contributed by atoms with Crippen LogP contribution >= 0.6 is 23.8 Å².